The van der Waals surface area contributed by atoms with Gasteiger partial charge in [-0.05, 0) is 54.0 Å². The zero-order chi connectivity index (χ0) is 16.1. The maximum absolute atomic E-state index is 12.3. The zero-order valence-corrected chi connectivity index (χ0v) is 14.7. The monoisotopic (exact) mass is 377 g/mol. The Morgan fingerprint density at radius 1 is 1.09 bits per heavy atom. The Morgan fingerprint density at radius 3 is 2.41 bits per heavy atom. The largest absolute Gasteiger partial charge is 0.324 e. The molecule has 2 rings (SSSR count). The van der Waals surface area contributed by atoms with E-state index < -0.39 is 0 Å². The highest BCUT2D eigenvalue weighted by molar-refractivity contribution is 9.10. The van der Waals surface area contributed by atoms with E-state index in [1.165, 1.54) is 18.7 Å². The predicted molar refractivity (Wildman–Crippen MR) is 94.5 cm³/mol. The number of anilines is 1. The molecule has 0 heterocycles. The minimum Gasteiger partial charge on any atom is -0.324 e. The van der Waals surface area contributed by atoms with Crippen LogP contribution in [0.15, 0.2) is 57.9 Å². The lowest BCUT2D eigenvalue weighted by Crippen LogP contribution is -2.23. The highest BCUT2D eigenvalue weighted by Gasteiger charge is 2.17. The third-order valence-electron chi connectivity index (χ3n) is 3.07. The Labute approximate surface area is 142 Å². The highest BCUT2D eigenvalue weighted by Crippen LogP contribution is 2.31. The summed E-state index contributed by atoms with van der Waals surface area (Å²) in [5.41, 5.74) is 1.08. The summed E-state index contributed by atoms with van der Waals surface area (Å²) in [5, 5.41) is 2.56. The van der Waals surface area contributed by atoms with Crippen LogP contribution < -0.4 is 5.32 Å². The molecule has 2 aromatic rings. The molecule has 5 heteroatoms. The Kier molecular flexibility index (Phi) is 5.80. The van der Waals surface area contributed by atoms with Crippen LogP contribution in [-0.4, -0.2) is 16.9 Å². The molecule has 1 atom stereocenters. The summed E-state index contributed by atoms with van der Waals surface area (Å²) in [7, 11) is 0. The molecule has 0 aliphatic rings. The third kappa shape index (κ3) is 4.21. The molecule has 0 saturated carbocycles. The average Bonchev–Trinajstić information content (AvgIpc) is 2.49. The van der Waals surface area contributed by atoms with Crippen LogP contribution in [0.5, 0.6) is 0 Å². The number of nitrogens with one attached hydrogen (secondary N) is 1. The van der Waals surface area contributed by atoms with Crippen molar-refractivity contribution in [3.8, 4) is 0 Å². The van der Waals surface area contributed by atoms with Gasteiger partial charge in [0.25, 0.3) is 0 Å². The molecular weight excluding hydrogens is 362 g/mol. The van der Waals surface area contributed by atoms with Gasteiger partial charge in [-0.25, -0.2) is 0 Å². The lowest BCUT2D eigenvalue weighted by atomic mass is 10.1. The molecule has 0 aliphatic heterocycles. The van der Waals surface area contributed by atoms with Crippen LogP contribution in [0.1, 0.15) is 24.2 Å². The number of carbonyl (C=O) groups is 2. The van der Waals surface area contributed by atoms with Crippen LogP contribution in [0.4, 0.5) is 5.69 Å². The number of carbonyl (C=O) groups excluding carboxylic acids is 2. The van der Waals surface area contributed by atoms with Gasteiger partial charge in [0.2, 0.25) is 5.91 Å². The smallest absolute Gasteiger partial charge is 0.237 e. The molecule has 1 unspecified atom stereocenters. The second-order valence-corrected chi connectivity index (χ2v) is 7.02. The lowest BCUT2D eigenvalue weighted by molar-refractivity contribution is -0.115. The Balaban J connectivity index is 2.09. The number of para-hydroxylation sites is 1. The number of benzene rings is 2. The standard InChI is InChI=1S/C17H16BrNO2S/c1-11(20)13-7-3-5-9-15(13)19-17(21)12(2)22-16-10-6-4-8-14(16)18/h3-10,12H,1-2H3,(H,19,21). The third-order valence-corrected chi connectivity index (χ3v) is 5.21. The van der Waals surface area contributed by atoms with Crippen LogP contribution in [0, 0.1) is 0 Å². The Bertz CT molecular complexity index is 703. The van der Waals surface area contributed by atoms with Gasteiger partial charge in [0.1, 0.15) is 0 Å². The van der Waals surface area contributed by atoms with Gasteiger partial charge < -0.3 is 5.32 Å². The second-order valence-electron chi connectivity index (χ2n) is 4.78. The fraction of sp³-hybridized carbons (Fsp3) is 0.176. The van der Waals surface area contributed by atoms with Gasteiger partial charge in [0.15, 0.2) is 5.78 Å². The summed E-state index contributed by atoms with van der Waals surface area (Å²) in [5.74, 6) is -0.198. The molecule has 1 amide bonds. The molecule has 0 fully saturated rings. The average molecular weight is 378 g/mol. The van der Waals surface area contributed by atoms with Crippen molar-refractivity contribution in [3.05, 3.63) is 58.6 Å². The fourth-order valence-corrected chi connectivity index (χ4v) is 3.37. The van der Waals surface area contributed by atoms with Gasteiger partial charge in [0, 0.05) is 14.9 Å². The second kappa shape index (κ2) is 7.61. The lowest BCUT2D eigenvalue weighted by Gasteiger charge is -2.14. The zero-order valence-electron chi connectivity index (χ0n) is 12.3. The van der Waals surface area contributed by atoms with Gasteiger partial charge in [-0.15, -0.1) is 11.8 Å². The number of rotatable bonds is 5. The van der Waals surface area contributed by atoms with E-state index in [-0.39, 0.29) is 16.9 Å². The van der Waals surface area contributed by atoms with Crippen molar-refractivity contribution in [1.82, 2.24) is 0 Å². The van der Waals surface area contributed by atoms with Crippen molar-refractivity contribution in [2.75, 3.05) is 5.32 Å². The first-order valence-electron chi connectivity index (χ1n) is 6.81. The topological polar surface area (TPSA) is 46.2 Å². The summed E-state index contributed by atoms with van der Waals surface area (Å²) in [4.78, 5) is 24.9. The molecule has 0 aliphatic carbocycles. The summed E-state index contributed by atoms with van der Waals surface area (Å²) in [6.45, 7) is 3.33. The molecule has 0 radical (unpaired) electrons. The number of hydrogen-bond acceptors (Lipinski definition) is 3. The molecule has 22 heavy (non-hydrogen) atoms. The maximum Gasteiger partial charge on any atom is 0.237 e. The number of thioether (sulfide) groups is 1. The fourth-order valence-electron chi connectivity index (χ4n) is 1.92. The first-order chi connectivity index (χ1) is 10.5. The van der Waals surface area contributed by atoms with E-state index in [4.69, 9.17) is 0 Å². The number of halogens is 1. The van der Waals surface area contributed by atoms with Gasteiger partial charge in [-0.3, -0.25) is 9.59 Å². The normalized spacial score (nSPS) is 11.8. The SMILES string of the molecule is CC(=O)c1ccccc1NC(=O)C(C)Sc1ccccc1Br. The predicted octanol–water partition coefficient (Wildman–Crippen LogP) is 4.77. The molecule has 0 spiro atoms. The summed E-state index contributed by atoms with van der Waals surface area (Å²) < 4.78 is 0.962. The van der Waals surface area contributed by atoms with E-state index >= 15 is 0 Å². The molecule has 3 nitrogen and oxygen atoms in total. The molecule has 0 saturated heterocycles. The number of ketones is 1. The number of Topliss-reactive ketones (excluding diaryl/α,β-unsaturated/α-hetero) is 1. The minimum absolute atomic E-state index is 0.0676. The summed E-state index contributed by atoms with van der Waals surface area (Å²) in [6, 6.07) is 14.8. The van der Waals surface area contributed by atoms with Gasteiger partial charge in [0.05, 0.1) is 10.9 Å². The molecule has 2 aromatic carbocycles. The van der Waals surface area contributed by atoms with Crippen molar-refractivity contribution in [2.24, 2.45) is 0 Å². The van der Waals surface area contributed by atoms with E-state index in [0.717, 1.165) is 9.37 Å². The first-order valence-corrected chi connectivity index (χ1v) is 8.48. The van der Waals surface area contributed by atoms with E-state index in [1.807, 2.05) is 31.2 Å². The Morgan fingerprint density at radius 2 is 1.73 bits per heavy atom. The molecule has 114 valence electrons. The van der Waals surface area contributed by atoms with E-state index in [0.29, 0.717) is 11.3 Å². The van der Waals surface area contributed by atoms with E-state index in [9.17, 15) is 9.59 Å². The van der Waals surface area contributed by atoms with Crippen LogP contribution in [-0.2, 0) is 4.79 Å². The van der Waals surface area contributed by atoms with Crippen LogP contribution in [0.3, 0.4) is 0 Å². The molecule has 1 N–H and O–H groups in total. The van der Waals surface area contributed by atoms with E-state index in [1.54, 1.807) is 24.3 Å². The quantitative estimate of drug-likeness (QED) is 0.602. The highest BCUT2D eigenvalue weighted by atomic mass is 79.9. The first kappa shape index (κ1) is 16.8. The molecule has 0 aromatic heterocycles. The van der Waals surface area contributed by atoms with Crippen LogP contribution >= 0.6 is 27.7 Å². The van der Waals surface area contributed by atoms with Crippen molar-refractivity contribution < 1.29 is 9.59 Å². The molecule has 0 bridgehead atoms. The summed E-state index contributed by atoms with van der Waals surface area (Å²) >= 11 is 4.94. The van der Waals surface area contributed by atoms with Crippen LogP contribution in [0.2, 0.25) is 0 Å². The molecular formula is C17H16BrNO2S. The number of amides is 1. The van der Waals surface area contributed by atoms with Gasteiger partial charge in [-0.1, -0.05) is 24.3 Å². The maximum atomic E-state index is 12.3. The van der Waals surface area contributed by atoms with Crippen molar-refractivity contribution in [1.29, 1.82) is 0 Å². The van der Waals surface area contributed by atoms with Gasteiger partial charge >= 0.3 is 0 Å². The Hall–Kier alpha value is -1.59. The van der Waals surface area contributed by atoms with Crippen molar-refractivity contribution in [2.45, 2.75) is 24.0 Å². The van der Waals surface area contributed by atoms with Gasteiger partial charge in [-0.2, -0.15) is 0 Å². The van der Waals surface area contributed by atoms with Crippen LogP contribution in [0.25, 0.3) is 0 Å². The van der Waals surface area contributed by atoms with Crippen molar-refractivity contribution in [3.63, 3.8) is 0 Å². The van der Waals surface area contributed by atoms with Crippen molar-refractivity contribution >= 4 is 45.1 Å². The number of hydrogen-bond donors (Lipinski definition) is 1. The van der Waals surface area contributed by atoms with E-state index in [2.05, 4.69) is 21.2 Å². The summed E-state index contributed by atoms with van der Waals surface area (Å²) in [6.07, 6.45) is 0. The minimum atomic E-state index is -0.279.